The number of aromatic nitrogens is 2. The summed E-state index contributed by atoms with van der Waals surface area (Å²) < 4.78 is 40.2. The third-order valence-electron chi connectivity index (χ3n) is 5.39. The van der Waals surface area contributed by atoms with E-state index in [1.54, 1.807) is 24.3 Å². The second kappa shape index (κ2) is 8.32. The highest BCUT2D eigenvalue weighted by Gasteiger charge is 2.34. The minimum atomic E-state index is -4.57. The van der Waals surface area contributed by atoms with Crippen LogP contribution in [0.5, 0.6) is 0 Å². The van der Waals surface area contributed by atoms with E-state index in [0.29, 0.717) is 28.7 Å². The van der Waals surface area contributed by atoms with Crippen molar-refractivity contribution in [1.82, 2.24) is 15.3 Å². The molecule has 1 aliphatic rings. The minimum absolute atomic E-state index is 0.164. The molecule has 0 radical (unpaired) electrons. The Kier molecular flexibility index (Phi) is 5.72. The van der Waals surface area contributed by atoms with Crippen LogP contribution >= 0.6 is 11.6 Å². The third-order valence-corrected chi connectivity index (χ3v) is 5.72. The maximum Gasteiger partial charge on any atom is 0.417 e. The first-order valence-electron chi connectivity index (χ1n) is 9.64. The highest BCUT2D eigenvalue weighted by molar-refractivity contribution is 6.31. The molecule has 4 rings (SSSR count). The van der Waals surface area contributed by atoms with E-state index in [2.05, 4.69) is 20.6 Å². The van der Waals surface area contributed by atoms with Gasteiger partial charge in [-0.15, -0.1) is 0 Å². The molecule has 2 heterocycles. The van der Waals surface area contributed by atoms with Crippen molar-refractivity contribution in [2.75, 3.05) is 11.9 Å². The summed E-state index contributed by atoms with van der Waals surface area (Å²) in [7, 11) is 0. The molecule has 31 heavy (non-hydrogen) atoms. The number of fused-ring (bicyclic) bond motifs is 1. The predicted molar refractivity (Wildman–Crippen MR) is 112 cm³/mol. The Bertz CT molecular complexity index is 1130. The first-order valence-corrected chi connectivity index (χ1v) is 10.0. The smallest absolute Gasteiger partial charge is 0.366 e. The number of para-hydroxylation sites is 1. The Hall–Kier alpha value is -2.91. The van der Waals surface area contributed by atoms with E-state index < -0.39 is 23.7 Å². The number of primary amides is 1. The molecule has 4 N–H and O–H groups in total. The molecule has 1 unspecified atom stereocenters. The standard InChI is InChI=1S/C21H19ClF3N5O/c22-16-5-4-11(8-15(16)21(23,24)25)17(9-12-6-7-27-12)30-20-14-3-1-2-13(19(26)31)18(14)28-10-29-20/h1-5,8,10,12,17,27H,6-7,9H2,(H2,26,31)(H,28,29,30)/t12?,17-/m0/s1. The van der Waals surface area contributed by atoms with Crippen molar-refractivity contribution in [2.24, 2.45) is 5.73 Å². The molecule has 3 aromatic rings. The number of nitrogens with one attached hydrogen (secondary N) is 2. The number of halogens is 4. The van der Waals surface area contributed by atoms with E-state index >= 15 is 0 Å². The number of amides is 1. The zero-order valence-electron chi connectivity index (χ0n) is 16.2. The van der Waals surface area contributed by atoms with Gasteiger partial charge in [0.2, 0.25) is 0 Å². The van der Waals surface area contributed by atoms with Crippen LogP contribution in [0.3, 0.4) is 0 Å². The normalized spacial score (nSPS) is 17.2. The molecule has 0 spiro atoms. The largest absolute Gasteiger partial charge is 0.417 e. The van der Waals surface area contributed by atoms with Crippen molar-refractivity contribution < 1.29 is 18.0 Å². The number of benzene rings is 2. The lowest BCUT2D eigenvalue weighted by Crippen LogP contribution is -2.44. The summed E-state index contributed by atoms with van der Waals surface area (Å²) in [4.78, 5) is 20.2. The monoisotopic (exact) mass is 449 g/mol. The molecular weight excluding hydrogens is 431 g/mol. The highest BCUT2D eigenvalue weighted by Crippen LogP contribution is 2.38. The Balaban J connectivity index is 1.75. The first kappa shape index (κ1) is 21.3. The van der Waals surface area contributed by atoms with Gasteiger partial charge in [-0.2, -0.15) is 13.2 Å². The molecule has 1 amide bonds. The quantitative estimate of drug-likeness (QED) is 0.521. The van der Waals surface area contributed by atoms with Crippen LogP contribution in [-0.2, 0) is 6.18 Å². The van der Waals surface area contributed by atoms with Crippen molar-refractivity contribution in [1.29, 1.82) is 0 Å². The number of nitrogens with two attached hydrogens (primary N) is 1. The van der Waals surface area contributed by atoms with Gasteiger partial charge in [0.1, 0.15) is 12.1 Å². The number of carbonyl (C=O) groups is 1. The van der Waals surface area contributed by atoms with Crippen molar-refractivity contribution in [2.45, 2.75) is 31.1 Å². The highest BCUT2D eigenvalue weighted by atomic mass is 35.5. The summed E-state index contributed by atoms with van der Waals surface area (Å²) in [6.07, 6.45) is -1.81. The van der Waals surface area contributed by atoms with Crippen LogP contribution in [0, 0.1) is 0 Å². The van der Waals surface area contributed by atoms with Crippen LogP contribution in [-0.4, -0.2) is 28.5 Å². The van der Waals surface area contributed by atoms with E-state index in [-0.39, 0.29) is 16.6 Å². The number of rotatable bonds is 6. The number of hydrogen-bond donors (Lipinski definition) is 3. The summed E-state index contributed by atoms with van der Waals surface area (Å²) in [5.74, 6) is -0.223. The molecule has 1 aliphatic heterocycles. The van der Waals surface area contributed by atoms with E-state index in [1.165, 1.54) is 12.4 Å². The number of hydrogen-bond acceptors (Lipinski definition) is 5. The van der Waals surface area contributed by atoms with Crippen LogP contribution in [0.2, 0.25) is 5.02 Å². The summed E-state index contributed by atoms with van der Waals surface area (Å²) in [6, 6.07) is 8.53. The molecule has 1 saturated heterocycles. The summed E-state index contributed by atoms with van der Waals surface area (Å²) in [6.45, 7) is 0.865. The van der Waals surface area contributed by atoms with E-state index in [0.717, 1.165) is 19.0 Å². The Morgan fingerprint density at radius 3 is 2.71 bits per heavy atom. The van der Waals surface area contributed by atoms with Gasteiger partial charge in [-0.05, 0) is 49.2 Å². The van der Waals surface area contributed by atoms with Gasteiger partial charge in [0.05, 0.1) is 27.7 Å². The summed E-state index contributed by atoms with van der Waals surface area (Å²) in [5.41, 5.74) is 5.60. The topological polar surface area (TPSA) is 92.9 Å². The Morgan fingerprint density at radius 2 is 2.06 bits per heavy atom. The first-order chi connectivity index (χ1) is 14.7. The third kappa shape index (κ3) is 4.42. The fraction of sp³-hybridized carbons (Fsp3) is 0.286. The molecule has 2 atom stereocenters. The maximum absolute atomic E-state index is 13.4. The number of anilines is 1. The Morgan fingerprint density at radius 1 is 1.29 bits per heavy atom. The summed E-state index contributed by atoms with van der Waals surface area (Å²) >= 11 is 5.80. The zero-order valence-corrected chi connectivity index (χ0v) is 17.0. The zero-order chi connectivity index (χ0) is 22.2. The van der Waals surface area contributed by atoms with Crippen molar-refractivity contribution in [3.8, 4) is 0 Å². The molecule has 6 nitrogen and oxygen atoms in total. The van der Waals surface area contributed by atoms with E-state index in [4.69, 9.17) is 17.3 Å². The van der Waals surface area contributed by atoms with Crippen LogP contribution < -0.4 is 16.4 Å². The van der Waals surface area contributed by atoms with Gasteiger partial charge in [-0.3, -0.25) is 4.79 Å². The minimum Gasteiger partial charge on any atom is -0.366 e. The van der Waals surface area contributed by atoms with Gasteiger partial charge in [0, 0.05) is 11.4 Å². The molecule has 1 fully saturated rings. The molecule has 2 aromatic carbocycles. The number of nitrogens with zero attached hydrogens (tertiary/aromatic N) is 2. The number of alkyl halides is 3. The van der Waals surface area contributed by atoms with Crippen molar-refractivity contribution >= 4 is 34.2 Å². The fourth-order valence-electron chi connectivity index (χ4n) is 3.66. The van der Waals surface area contributed by atoms with E-state index in [9.17, 15) is 18.0 Å². The molecular formula is C21H19ClF3N5O. The van der Waals surface area contributed by atoms with Crippen LogP contribution in [0.4, 0.5) is 19.0 Å². The molecule has 162 valence electrons. The molecule has 10 heteroatoms. The van der Waals surface area contributed by atoms with Gasteiger partial charge < -0.3 is 16.4 Å². The summed E-state index contributed by atoms with van der Waals surface area (Å²) in [5, 5.41) is 6.71. The van der Waals surface area contributed by atoms with Gasteiger partial charge >= 0.3 is 6.18 Å². The van der Waals surface area contributed by atoms with Gasteiger partial charge in [0.15, 0.2) is 0 Å². The van der Waals surface area contributed by atoms with Gasteiger partial charge in [-0.25, -0.2) is 9.97 Å². The van der Waals surface area contributed by atoms with Crippen LogP contribution in [0.15, 0.2) is 42.7 Å². The van der Waals surface area contributed by atoms with Crippen LogP contribution in [0.1, 0.15) is 40.4 Å². The second-order valence-electron chi connectivity index (χ2n) is 7.40. The van der Waals surface area contributed by atoms with Gasteiger partial charge in [0.25, 0.3) is 5.91 Å². The van der Waals surface area contributed by atoms with Crippen molar-refractivity contribution in [3.63, 3.8) is 0 Å². The SMILES string of the molecule is NC(=O)c1cccc2c(N[C@@H](CC3CCN3)c3ccc(Cl)c(C(F)(F)F)c3)ncnc12. The molecule has 0 bridgehead atoms. The van der Waals surface area contributed by atoms with Gasteiger partial charge in [-0.1, -0.05) is 23.7 Å². The number of carbonyl (C=O) groups excluding carboxylic acids is 1. The van der Waals surface area contributed by atoms with Crippen LogP contribution in [0.25, 0.3) is 10.9 Å². The average molecular weight is 450 g/mol. The average Bonchev–Trinajstić information content (AvgIpc) is 2.68. The molecule has 0 aliphatic carbocycles. The Labute approximate surface area is 181 Å². The molecule has 1 aromatic heterocycles. The predicted octanol–water partition coefficient (Wildman–Crippen LogP) is 4.31. The van der Waals surface area contributed by atoms with Crippen molar-refractivity contribution in [3.05, 3.63) is 64.4 Å². The maximum atomic E-state index is 13.4. The van der Waals surface area contributed by atoms with E-state index in [1.807, 2.05) is 0 Å². The lowest BCUT2D eigenvalue weighted by atomic mass is 9.93. The lowest BCUT2D eigenvalue weighted by molar-refractivity contribution is -0.137. The second-order valence-corrected chi connectivity index (χ2v) is 7.80. The lowest BCUT2D eigenvalue weighted by Gasteiger charge is -2.32. The molecule has 0 saturated carbocycles. The fourth-order valence-corrected chi connectivity index (χ4v) is 3.88.